The molecular weight excluding hydrogens is 234 g/mol. The third kappa shape index (κ3) is 6.32. The first-order valence-corrected chi connectivity index (χ1v) is 7.76. The van der Waals surface area contributed by atoms with Crippen LogP contribution in [0.2, 0.25) is 0 Å². The lowest BCUT2D eigenvalue weighted by atomic mass is 10.2. The predicted octanol–water partition coefficient (Wildman–Crippen LogP) is 2.59. The van der Waals surface area contributed by atoms with Crippen molar-refractivity contribution in [3.63, 3.8) is 0 Å². The molecule has 0 aromatic heterocycles. The Morgan fingerprint density at radius 3 is 2.71 bits per heavy atom. The van der Waals surface area contributed by atoms with Crippen LogP contribution in [0.4, 0.5) is 0 Å². The van der Waals surface area contributed by atoms with Gasteiger partial charge in [-0.05, 0) is 38.4 Å². The highest BCUT2D eigenvalue weighted by atomic mass is 32.2. The average Bonchev–Trinajstić information content (AvgIpc) is 3.11. The molecule has 0 heterocycles. The van der Waals surface area contributed by atoms with E-state index in [2.05, 4.69) is 19.2 Å². The number of nitrogens with one attached hydrogen (secondary N) is 1. The number of carbonyl (C=O) groups excluding carboxylic acids is 1. The molecule has 4 heteroatoms. The van der Waals surface area contributed by atoms with Gasteiger partial charge in [0.15, 0.2) is 0 Å². The van der Waals surface area contributed by atoms with E-state index in [1.165, 1.54) is 19.3 Å². The minimum Gasteiger partial charge on any atom is -0.465 e. The summed E-state index contributed by atoms with van der Waals surface area (Å²) in [5.74, 6) is 0.947. The van der Waals surface area contributed by atoms with Crippen LogP contribution >= 0.6 is 11.8 Å². The fraction of sp³-hybridized carbons (Fsp3) is 0.923. The Morgan fingerprint density at radius 1 is 1.47 bits per heavy atom. The zero-order valence-corrected chi connectivity index (χ0v) is 12.0. The van der Waals surface area contributed by atoms with E-state index in [-0.39, 0.29) is 12.0 Å². The number of carbonyl (C=O) groups is 1. The van der Waals surface area contributed by atoms with Crippen molar-refractivity contribution in [3.05, 3.63) is 0 Å². The quantitative estimate of drug-likeness (QED) is 0.646. The SMILES string of the molecule is CCOC(=O)C(CCSC(C)CC)NC1CC1. The number of hydrogen-bond donors (Lipinski definition) is 1. The van der Waals surface area contributed by atoms with Gasteiger partial charge in [-0.2, -0.15) is 11.8 Å². The lowest BCUT2D eigenvalue weighted by Gasteiger charge is -2.17. The van der Waals surface area contributed by atoms with Crippen LogP contribution in [-0.4, -0.2) is 35.7 Å². The molecule has 0 amide bonds. The van der Waals surface area contributed by atoms with E-state index in [0.29, 0.717) is 17.9 Å². The molecule has 0 radical (unpaired) electrons. The molecule has 1 saturated carbocycles. The van der Waals surface area contributed by atoms with Crippen LogP contribution in [0.5, 0.6) is 0 Å². The first-order valence-electron chi connectivity index (χ1n) is 6.71. The molecule has 2 unspecified atom stereocenters. The Hall–Kier alpha value is -0.220. The van der Waals surface area contributed by atoms with Crippen molar-refractivity contribution >= 4 is 17.7 Å². The number of thioether (sulfide) groups is 1. The molecule has 1 aliphatic carbocycles. The van der Waals surface area contributed by atoms with Crippen molar-refractivity contribution < 1.29 is 9.53 Å². The monoisotopic (exact) mass is 259 g/mol. The highest BCUT2D eigenvalue weighted by Gasteiger charge is 2.28. The summed E-state index contributed by atoms with van der Waals surface area (Å²) in [7, 11) is 0. The maximum atomic E-state index is 11.8. The van der Waals surface area contributed by atoms with Crippen LogP contribution in [0.3, 0.4) is 0 Å². The van der Waals surface area contributed by atoms with Gasteiger partial charge < -0.3 is 10.1 Å². The van der Waals surface area contributed by atoms with Crippen molar-refractivity contribution in [1.29, 1.82) is 0 Å². The Labute approximate surface area is 109 Å². The zero-order chi connectivity index (χ0) is 12.7. The van der Waals surface area contributed by atoms with Crippen molar-refractivity contribution in [3.8, 4) is 0 Å². The van der Waals surface area contributed by atoms with Gasteiger partial charge >= 0.3 is 5.97 Å². The molecule has 1 N–H and O–H groups in total. The average molecular weight is 259 g/mol. The maximum absolute atomic E-state index is 11.8. The fourth-order valence-electron chi connectivity index (χ4n) is 1.55. The standard InChI is InChI=1S/C13H25NO2S/c1-4-10(3)17-9-8-12(13(15)16-5-2)14-11-6-7-11/h10-12,14H,4-9H2,1-3H3. The molecular formula is C13H25NO2S. The van der Waals surface area contributed by atoms with Crippen LogP contribution in [-0.2, 0) is 9.53 Å². The number of rotatable bonds is 9. The first kappa shape index (κ1) is 14.8. The van der Waals surface area contributed by atoms with Crippen molar-refractivity contribution in [2.24, 2.45) is 0 Å². The van der Waals surface area contributed by atoms with E-state index in [0.717, 1.165) is 12.2 Å². The normalized spacial score (nSPS) is 18.8. The minimum atomic E-state index is -0.0981. The molecule has 0 aromatic carbocycles. The highest BCUT2D eigenvalue weighted by molar-refractivity contribution is 7.99. The molecule has 0 aliphatic heterocycles. The first-order chi connectivity index (χ1) is 8.17. The van der Waals surface area contributed by atoms with Crippen LogP contribution in [0.15, 0.2) is 0 Å². The summed E-state index contributed by atoms with van der Waals surface area (Å²) in [5, 5.41) is 4.06. The highest BCUT2D eigenvalue weighted by Crippen LogP contribution is 2.21. The second kappa shape index (κ2) is 7.98. The van der Waals surface area contributed by atoms with Crippen LogP contribution in [0, 0.1) is 0 Å². The summed E-state index contributed by atoms with van der Waals surface area (Å²) in [6.45, 7) is 6.77. The van der Waals surface area contributed by atoms with Crippen molar-refractivity contribution in [1.82, 2.24) is 5.32 Å². The Bertz CT molecular complexity index is 231. The van der Waals surface area contributed by atoms with Gasteiger partial charge in [-0.1, -0.05) is 13.8 Å². The van der Waals surface area contributed by atoms with Crippen molar-refractivity contribution in [2.75, 3.05) is 12.4 Å². The second-order valence-electron chi connectivity index (χ2n) is 4.62. The molecule has 0 aromatic rings. The van der Waals surface area contributed by atoms with Gasteiger partial charge in [-0.3, -0.25) is 4.79 Å². The van der Waals surface area contributed by atoms with Crippen LogP contribution in [0.1, 0.15) is 46.5 Å². The molecule has 100 valence electrons. The molecule has 0 spiro atoms. The Morgan fingerprint density at radius 2 is 2.18 bits per heavy atom. The van der Waals surface area contributed by atoms with Crippen LogP contribution < -0.4 is 5.32 Å². The van der Waals surface area contributed by atoms with E-state index in [4.69, 9.17) is 4.74 Å². The topological polar surface area (TPSA) is 38.3 Å². The van der Waals surface area contributed by atoms with Gasteiger partial charge in [0, 0.05) is 11.3 Å². The third-order valence-electron chi connectivity index (χ3n) is 2.97. The smallest absolute Gasteiger partial charge is 0.323 e. The van der Waals surface area contributed by atoms with E-state index < -0.39 is 0 Å². The fourth-order valence-corrected chi connectivity index (χ4v) is 2.56. The van der Waals surface area contributed by atoms with E-state index in [1.54, 1.807) is 0 Å². The number of esters is 1. The summed E-state index contributed by atoms with van der Waals surface area (Å²) in [4.78, 5) is 11.8. The van der Waals surface area contributed by atoms with Gasteiger partial charge in [-0.25, -0.2) is 0 Å². The summed E-state index contributed by atoms with van der Waals surface area (Å²) < 4.78 is 5.11. The second-order valence-corrected chi connectivity index (χ2v) is 6.17. The number of ether oxygens (including phenoxy) is 1. The van der Waals surface area contributed by atoms with E-state index in [1.807, 2.05) is 18.7 Å². The van der Waals surface area contributed by atoms with Gasteiger partial charge in [0.25, 0.3) is 0 Å². The molecule has 0 saturated heterocycles. The summed E-state index contributed by atoms with van der Waals surface area (Å²) in [5.41, 5.74) is 0. The summed E-state index contributed by atoms with van der Waals surface area (Å²) in [6.07, 6.45) is 4.47. The molecule has 2 atom stereocenters. The van der Waals surface area contributed by atoms with Gasteiger partial charge in [0.1, 0.15) is 6.04 Å². The summed E-state index contributed by atoms with van der Waals surface area (Å²) >= 11 is 1.94. The minimum absolute atomic E-state index is 0.0795. The maximum Gasteiger partial charge on any atom is 0.323 e. The zero-order valence-electron chi connectivity index (χ0n) is 11.2. The molecule has 1 rings (SSSR count). The summed E-state index contributed by atoms with van der Waals surface area (Å²) in [6, 6.07) is 0.456. The van der Waals surface area contributed by atoms with E-state index in [9.17, 15) is 4.79 Å². The molecule has 1 aliphatic rings. The van der Waals surface area contributed by atoms with Crippen LogP contribution in [0.25, 0.3) is 0 Å². The molecule has 17 heavy (non-hydrogen) atoms. The van der Waals surface area contributed by atoms with Crippen molar-refractivity contribution in [2.45, 2.75) is 63.8 Å². The molecule has 0 bridgehead atoms. The van der Waals surface area contributed by atoms with Gasteiger partial charge in [0.2, 0.25) is 0 Å². The number of hydrogen-bond acceptors (Lipinski definition) is 4. The lowest BCUT2D eigenvalue weighted by Crippen LogP contribution is -2.40. The van der Waals surface area contributed by atoms with Gasteiger partial charge in [-0.15, -0.1) is 0 Å². The van der Waals surface area contributed by atoms with E-state index >= 15 is 0 Å². The molecule has 1 fully saturated rings. The van der Waals surface area contributed by atoms with Gasteiger partial charge in [0.05, 0.1) is 6.61 Å². The Balaban J connectivity index is 2.26. The largest absolute Gasteiger partial charge is 0.465 e. The Kier molecular flexibility index (Phi) is 6.97. The predicted molar refractivity (Wildman–Crippen MR) is 73.4 cm³/mol. The molecule has 3 nitrogen and oxygen atoms in total. The lowest BCUT2D eigenvalue weighted by molar-refractivity contribution is -0.145. The third-order valence-corrected chi connectivity index (χ3v) is 4.34.